The van der Waals surface area contributed by atoms with Gasteiger partial charge in [0.2, 0.25) is 5.95 Å². The van der Waals surface area contributed by atoms with Crippen LogP contribution in [0.2, 0.25) is 0 Å². The number of nitrogens with zero attached hydrogens (tertiary/aromatic N) is 3. The smallest absolute Gasteiger partial charge is 0.262 e. The number of ketones is 1. The van der Waals surface area contributed by atoms with E-state index in [0.717, 1.165) is 18.6 Å². The molecule has 0 amide bonds. The van der Waals surface area contributed by atoms with Gasteiger partial charge in [0.05, 0.1) is 30.2 Å². The van der Waals surface area contributed by atoms with Gasteiger partial charge >= 0.3 is 0 Å². The molecular weight excluding hydrogens is 301 g/mol. The van der Waals surface area contributed by atoms with E-state index in [9.17, 15) is 14.0 Å². The van der Waals surface area contributed by atoms with E-state index < -0.39 is 5.82 Å². The summed E-state index contributed by atoms with van der Waals surface area (Å²) in [6.07, 6.45) is 0.787. The van der Waals surface area contributed by atoms with Crippen LogP contribution < -0.4 is 10.5 Å². The average Bonchev–Trinajstić information content (AvgIpc) is 2.55. The van der Waals surface area contributed by atoms with Crippen molar-refractivity contribution in [3.8, 4) is 0 Å². The Hall–Kier alpha value is -2.28. The first-order valence-corrected chi connectivity index (χ1v) is 7.65. The molecule has 1 fully saturated rings. The van der Waals surface area contributed by atoms with Crippen molar-refractivity contribution >= 4 is 22.6 Å². The number of halogens is 1. The van der Waals surface area contributed by atoms with Gasteiger partial charge in [0.25, 0.3) is 5.56 Å². The number of carbonyl (C=O) groups is 1. The van der Waals surface area contributed by atoms with Crippen molar-refractivity contribution < 1.29 is 13.9 Å². The van der Waals surface area contributed by atoms with Gasteiger partial charge in [-0.2, -0.15) is 0 Å². The van der Waals surface area contributed by atoms with Gasteiger partial charge in [0.15, 0.2) is 5.78 Å². The number of hydrogen-bond acceptors (Lipinski definition) is 5. The van der Waals surface area contributed by atoms with Crippen molar-refractivity contribution in [2.45, 2.75) is 25.9 Å². The molecule has 0 spiro atoms. The Morgan fingerprint density at radius 3 is 3.00 bits per heavy atom. The zero-order valence-electron chi connectivity index (χ0n) is 12.7. The summed E-state index contributed by atoms with van der Waals surface area (Å²) in [5.74, 6) is -0.348. The Morgan fingerprint density at radius 1 is 1.39 bits per heavy atom. The minimum absolute atomic E-state index is 0.149. The number of fused-ring (bicyclic) bond motifs is 4. The van der Waals surface area contributed by atoms with Crippen LogP contribution in [0.5, 0.6) is 0 Å². The van der Waals surface area contributed by atoms with Crippen LogP contribution in [-0.2, 0) is 11.3 Å². The summed E-state index contributed by atoms with van der Waals surface area (Å²) in [7, 11) is 0. The SMILES string of the molecule is CC(=O)c1cc(F)cc2c(=O)n3c(nc12)N1CCOC[C@@H]1CC3. The maximum absolute atomic E-state index is 13.8. The summed E-state index contributed by atoms with van der Waals surface area (Å²) in [6, 6.07) is 2.50. The van der Waals surface area contributed by atoms with Crippen molar-refractivity contribution in [2.24, 2.45) is 0 Å². The van der Waals surface area contributed by atoms with Crippen LogP contribution in [0, 0.1) is 5.82 Å². The quantitative estimate of drug-likeness (QED) is 0.743. The number of anilines is 1. The van der Waals surface area contributed by atoms with Gasteiger partial charge < -0.3 is 9.64 Å². The third-order valence-electron chi connectivity index (χ3n) is 4.55. The maximum Gasteiger partial charge on any atom is 0.262 e. The molecule has 0 unspecified atom stereocenters. The van der Waals surface area contributed by atoms with Crippen molar-refractivity contribution in [3.63, 3.8) is 0 Å². The normalized spacial score (nSPS) is 20.3. The Labute approximate surface area is 131 Å². The number of benzene rings is 1. The van der Waals surface area contributed by atoms with Gasteiger partial charge in [-0.3, -0.25) is 14.2 Å². The van der Waals surface area contributed by atoms with Gasteiger partial charge in [0.1, 0.15) is 5.82 Å². The number of hydrogen-bond donors (Lipinski definition) is 0. The summed E-state index contributed by atoms with van der Waals surface area (Å²) in [5, 5.41) is 0.158. The van der Waals surface area contributed by atoms with Crippen molar-refractivity contribution in [1.82, 2.24) is 9.55 Å². The first-order valence-electron chi connectivity index (χ1n) is 7.65. The van der Waals surface area contributed by atoms with Crippen molar-refractivity contribution in [1.29, 1.82) is 0 Å². The average molecular weight is 317 g/mol. The van der Waals surface area contributed by atoms with Crippen molar-refractivity contribution in [3.05, 3.63) is 33.9 Å². The van der Waals surface area contributed by atoms with E-state index in [0.29, 0.717) is 32.3 Å². The molecule has 7 heteroatoms. The lowest BCUT2D eigenvalue weighted by atomic mass is 10.1. The molecule has 4 rings (SSSR count). The number of carbonyl (C=O) groups excluding carboxylic acids is 1. The van der Waals surface area contributed by atoms with Crippen LogP contribution in [0.4, 0.5) is 10.3 Å². The Bertz CT molecular complexity index is 877. The predicted molar refractivity (Wildman–Crippen MR) is 82.5 cm³/mol. The molecule has 0 bridgehead atoms. The Kier molecular flexibility index (Phi) is 3.19. The van der Waals surface area contributed by atoms with Crippen LogP contribution >= 0.6 is 0 Å². The summed E-state index contributed by atoms with van der Waals surface area (Å²) in [6.45, 7) is 3.71. The molecule has 2 aliphatic rings. The molecule has 3 heterocycles. The second-order valence-corrected chi connectivity index (χ2v) is 5.99. The monoisotopic (exact) mass is 317 g/mol. The Morgan fingerprint density at radius 2 is 2.22 bits per heavy atom. The van der Waals surface area contributed by atoms with Gasteiger partial charge in [-0.1, -0.05) is 0 Å². The fraction of sp³-hybridized carbons (Fsp3) is 0.438. The summed E-state index contributed by atoms with van der Waals surface area (Å²) in [5.41, 5.74) is 0.134. The lowest BCUT2D eigenvalue weighted by Gasteiger charge is -2.41. The largest absolute Gasteiger partial charge is 0.377 e. The minimum atomic E-state index is -0.595. The highest BCUT2D eigenvalue weighted by molar-refractivity contribution is 6.05. The lowest BCUT2D eigenvalue weighted by Crippen LogP contribution is -2.52. The highest BCUT2D eigenvalue weighted by atomic mass is 19.1. The van der Waals surface area contributed by atoms with Crippen LogP contribution in [-0.4, -0.2) is 41.1 Å². The molecule has 23 heavy (non-hydrogen) atoms. The molecule has 1 aromatic carbocycles. The summed E-state index contributed by atoms with van der Waals surface area (Å²) in [4.78, 5) is 31.2. The minimum Gasteiger partial charge on any atom is -0.377 e. The second kappa shape index (κ2) is 5.13. The van der Waals surface area contributed by atoms with E-state index in [2.05, 4.69) is 9.88 Å². The molecular formula is C16H16FN3O3. The molecule has 0 aliphatic carbocycles. The van der Waals surface area contributed by atoms with Gasteiger partial charge in [-0.05, 0) is 25.5 Å². The molecule has 2 aliphatic heterocycles. The lowest BCUT2D eigenvalue weighted by molar-refractivity contribution is 0.0844. The van der Waals surface area contributed by atoms with E-state index in [-0.39, 0.29) is 33.9 Å². The zero-order valence-corrected chi connectivity index (χ0v) is 12.7. The third-order valence-corrected chi connectivity index (χ3v) is 4.55. The topological polar surface area (TPSA) is 64.4 Å². The molecule has 120 valence electrons. The number of morpholine rings is 1. The highest BCUT2D eigenvalue weighted by Crippen LogP contribution is 2.27. The molecule has 1 aromatic heterocycles. The zero-order chi connectivity index (χ0) is 16.1. The van der Waals surface area contributed by atoms with Gasteiger partial charge in [-0.25, -0.2) is 9.37 Å². The Balaban J connectivity index is 2.02. The molecule has 0 radical (unpaired) electrons. The van der Waals surface area contributed by atoms with E-state index in [1.807, 2.05) is 0 Å². The van der Waals surface area contributed by atoms with Crippen LogP contribution in [0.25, 0.3) is 10.9 Å². The van der Waals surface area contributed by atoms with E-state index in [1.165, 1.54) is 6.92 Å². The summed E-state index contributed by atoms with van der Waals surface area (Å²) >= 11 is 0. The van der Waals surface area contributed by atoms with Crippen LogP contribution in [0.3, 0.4) is 0 Å². The molecule has 0 N–H and O–H groups in total. The predicted octanol–water partition coefficient (Wildman–Crippen LogP) is 1.35. The van der Waals surface area contributed by atoms with E-state index in [1.54, 1.807) is 4.57 Å². The van der Waals surface area contributed by atoms with Crippen LogP contribution in [0.15, 0.2) is 16.9 Å². The third kappa shape index (κ3) is 2.15. The molecule has 2 aromatic rings. The van der Waals surface area contributed by atoms with Crippen molar-refractivity contribution in [2.75, 3.05) is 24.7 Å². The number of aromatic nitrogens is 2. The van der Waals surface area contributed by atoms with Crippen LogP contribution in [0.1, 0.15) is 23.7 Å². The van der Waals surface area contributed by atoms with E-state index in [4.69, 9.17) is 4.74 Å². The molecule has 0 saturated carbocycles. The first kappa shape index (κ1) is 14.3. The molecule has 1 saturated heterocycles. The standard InChI is InChI=1S/C16H16FN3O3/c1-9(21)12-6-10(17)7-13-14(12)18-16-19-4-5-23-8-11(19)2-3-20(16)15(13)22/h6-7,11H,2-5,8H2,1H3/t11-/m0/s1. The highest BCUT2D eigenvalue weighted by Gasteiger charge is 2.32. The maximum atomic E-state index is 13.8. The first-order chi connectivity index (χ1) is 11.1. The fourth-order valence-electron chi connectivity index (χ4n) is 3.40. The summed E-state index contributed by atoms with van der Waals surface area (Å²) < 4.78 is 20.8. The van der Waals surface area contributed by atoms with E-state index >= 15 is 0 Å². The number of ether oxygens (including phenoxy) is 1. The van der Waals surface area contributed by atoms with Gasteiger partial charge in [0, 0.05) is 18.7 Å². The van der Waals surface area contributed by atoms with Gasteiger partial charge in [-0.15, -0.1) is 0 Å². The molecule has 6 nitrogen and oxygen atoms in total. The number of rotatable bonds is 1. The number of Topliss-reactive ketones (excluding diaryl/α,β-unsaturated/α-hetero) is 1. The second-order valence-electron chi connectivity index (χ2n) is 5.99. The molecule has 1 atom stereocenters. The fourth-order valence-corrected chi connectivity index (χ4v) is 3.40.